The number of rotatable bonds is 7. The van der Waals surface area contributed by atoms with Gasteiger partial charge in [0, 0.05) is 25.5 Å². The molecule has 27 heavy (non-hydrogen) atoms. The van der Waals surface area contributed by atoms with Crippen molar-refractivity contribution in [2.45, 2.75) is 25.3 Å². The van der Waals surface area contributed by atoms with E-state index in [4.69, 9.17) is 4.74 Å². The van der Waals surface area contributed by atoms with Crippen LogP contribution in [0.25, 0.3) is 11.7 Å². The molecular weight excluding hydrogens is 352 g/mol. The molecule has 1 aliphatic carbocycles. The summed E-state index contributed by atoms with van der Waals surface area (Å²) in [5, 5.41) is 17.9. The number of H-pyrrole nitrogens is 2. The lowest BCUT2D eigenvalue weighted by molar-refractivity contribution is 0.197. The molecule has 3 aromatic rings. The van der Waals surface area contributed by atoms with Gasteiger partial charge >= 0.3 is 5.69 Å². The third-order valence-corrected chi connectivity index (χ3v) is 4.07. The van der Waals surface area contributed by atoms with Gasteiger partial charge in [-0.25, -0.2) is 9.79 Å². The fraction of sp³-hybridized carbons (Fsp3) is 0.438. The molecule has 0 atom stereocenters. The summed E-state index contributed by atoms with van der Waals surface area (Å²) in [5.74, 6) is 0.203. The molecule has 3 aromatic heterocycles. The number of imidazole rings is 1. The zero-order chi connectivity index (χ0) is 18.8. The number of ether oxygens (including phenoxy) is 1. The van der Waals surface area contributed by atoms with Crippen molar-refractivity contribution < 1.29 is 9.84 Å². The highest BCUT2D eigenvalue weighted by atomic mass is 16.5. The first-order valence-corrected chi connectivity index (χ1v) is 8.69. The van der Waals surface area contributed by atoms with Gasteiger partial charge in [0.2, 0.25) is 11.8 Å². The van der Waals surface area contributed by atoms with Crippen LogP contribution in [0.3, 0.4) is 0 Å². The summed E-state index contributed by atoms with van der Waals surface area (Å²) in [6, 6.07) is 0.270. The van der Waals surface area contributed by atoms with Crippen molar-refractivity contribution in [3.63, 3.8) is 0 Å². The van der Waals surface area contributed by atoms with Crippen molar-refractivity contribution in [2.75, 3.05) is 25.6 Å². The molecule has 3 heterocycles. The zero-order valence-corrected chi connectivity index (χ0v) is 14.8. The molecule has 1 fully saturated rings. The number of fused-ring (bicyclic) bond motifs is 1. The van der Waals surface area contributed by atoms with E-state index in [1.54, 1.807) is 23.9 Å². The standard InChI is InChI=1S/C16H20N8O3/c1-27-6-2-5-17-14-21-12-9(7-11-13(25)22-16(26)20-11)8-18-24(12)15(23-14)19-10-3-4-10/h7-8,10,25H,2-6H2,1H3,(H,17,19,23)(H2,20,22,26)/b9-7+. The molecule has 0 radical (unpaired) electrons. The van der Waals surface area contributed by atoms with Crippen molar-refractivity contribution in [2.24, 2.45) is 4.99 Å². The summed E-state index contributed by atoms with van der Waals surface area (Å²) >= 11 is 0. The van der Waals surface area contributed by atoms with E-state index in [1.807, 2.05) is 0 Å². The lowest BCUT2D eigenvalue weighted by atomic mass is 10.3. The average Bonchev–Trinajstić information content (AvgIpc) is 3.28. The van der Waals surface area contributed by atoms with Crippen LogP contribution in [0.15, 0.2) is 16.0 Å². The van der Waals surface area contributed by atoms with Crippen LogP contribution in [-0.2, 0) is 4.74 Å². The third-order valence-electron chi connectivity index (χ3n) is 4.07. The van der Waals surface area contributed by atoms with Crippen LogP contribution in [-0.4, -0.2) is 61.0 Å². The molecule has 0 amide bonds. The maximum Gasteiger partial charge on any atom is 0.326 e. The Kier molecular flexibility index (Phi) is 4.59. The topological polar surface area (TPSA) is 146 Å². The number of methoxy groups -OCH3 is 1. The smallest absolute Gasteiger partial charge is 0.326 e. The molecule has 1 saturated carbocycles. The van der Waals surface area contributed by atoms with Crippen molar-refractivity contribution >= 4 is 17.7 Å². The monoisotopic (exact) mass is 372 g/mol. The minimum Gasteiger partial charge on any atom is -0.493 e. The van der Waals surface area contributed by atoms with Crippen LogP contribution in [0, 0.1) is 0 Å². The van der Waals surface area contributed by atoms with Gasteiger partial charge in [-0.15, -0.1) is 0 Å². The second-order valence-electron chi connectivity index (χ2n) is 6.30. The number of aromatic nitrogens is 6. The molecule has 0 unspecified atom stereocenters. The van der Waals surface area contributed by atoms with Crippen molar-refractivity contribution in [3.05, 3.63) is 33.2 Å². The number of hydrogen-bond acceptors (Lipinski definition) is 8. The van der Waals surface area contributed by atoms with Gasteiger partial charge in [-0.3, -0.25) is 4.98 Å². The number of nitrogens with zero attached hydrogens (tertiary/aromatic N) is 5. The van der Waals surface area contributed by atoms with E-state index >= 15 is 0 Å². The van der Waals surface area contributed by atoms with Crippen LogP contribution in [0.4, 0.5) is 5.95 Å². The molecule has 11 heteroatoms. The van der Waals surface area contributed by atoms with Gasteiger partial charge in [-0.1, -0.05) is 0 Å². The van der Waals surface area contributed by atoms with Gasteiger partial charge in [-0.05, 0) is 25.3 Å². The van der Waals surface area contributed by atoms with Crippen molar-refractivity contribution in [1.29, 1.82) is 0 Å². The predicted octanol–water partition coefficient (Wildman–Crippen LogP) is -1.09. The summed E-state index contributed by atoms with van der Waals surface area (Å²) in [4.78, 5) is 29.7. The minimum atomic E-state index is -0.491. The second kappa shape index (κ2) is 7.19. The van der Waals surface area contributed by atoms with Crippen LogP contribution >= 0.6 is 0 Å². The van der Waals surface area contributed by atoms with E-state index < -0.39 is 5.69 Å². The number of aromatic amines is 2. The Morgan fingerprint density at radius 3 is 3.00 bits per heavy atom. The van der Waals surface area contributed by atoms with E-state index in [0.29, 0.717) is 35.6 Å². The molecule has 1 aliphatic rings. The summed E-state index contributed by atoms with van der Waals surface area (Å²) in [6.07, 6.45) is 6.09. The largest absolute Gasteiger partial charge is 0.493 e. The van der Waals surface area contributed by atoms with Gasteiger partial charge in [-0.2, -0.15) is 19.6 Å². The summed E-state index contributed by atoms with van der Waals surface area (Å²) < 4.78 is 6.61. The first-order chi connectivity index (χ1) is 13.1. The number of anilines is 1. The molecule has 0 bridgehead atoms. The van der Waals surface area contributed by atoms with Crippen LogP contribution in [0.2, 0.25) is 0 Å². The first-order valence-electron chi connectivity index (χ1n) is 8.69. The van der Waals surface area contributed by atoms with Gasteiger partial charge in [0.25, 0.3) is 5.62 Å². The highest BCUT2D eigenvalue weighted by Crippen LogP contribution is 2.22. The Morgan fingerprint density at radius 1 is 1.44 bits per heavy atom. The first kappa shape index (κ1) is 17.2. The van der Waals surface area contributed by atoms with Crippen LogP contribution in [0.5, 0.6) is 5.88 Å². The number of hydrogen-bond donors (Lipinski definition) is 4. The maximum absolute atomic E-state index is 11.3. The zero-order valence-electron chi connectivity index (χ0n) is 14.8. The van der Waals surface area contributed by atoms with Crippen LogP contribution < -0.4 is 21.8 Å². The normalized spacial score (nSPS) is 15.7. The summed E-state index contributed by atoms with van der Waals surface area (Å²) in [7, 11) is 1.66. The predicted molar refractivity (Wildman–Crippen MR) is 96.2 cm³/mol. The van der Waals surface area contributed by atoms with E-state index in [2.05, 4.69) is 35.3 Å². The SMILES string of the molecule is COCCCNc1nc(=NC2CC2)n2nc/c(=C\c3[nH]c(=O)[nH]c3O)c2n1. The fourth-order valence-electron chi connectivity index (χ4n) is 2.58. The maximum atomic E-state index is 11.3. The fourth-order valence-corrected chi connectivity index (χ4v) is 2.58. The third kappa shape index (κ3) is 3.82. The Balaban J connectivity index is 1.79. The van der Waals surface area contributed by atoms with Gasteiger partial charge < -0.3 is 20.1 Å². The van der Waals surface area contributed by atoms with E-state index in [0.717, 1.165) is 19.3 Å². The van der Waals surface area contributed by atoms with Gasteiger partial charge in [0.05, 0.1) is 12.2 Å². The van der Waals surface area contributed by atoms with E-state index in [1.165, 1.54) is 0 Å². The Bertz CT molecular complexity index is 1120. The van der Waals surface area contributed by atoms with Gasteiger partial charge in [0.15, 0.2) is 5.65 Å². The van der Waals surface area contributed by atoms with Gasteiger partial charge in [0.1, 0.15) is 5.69 Å². The minimum absolute atomic E-state index is 0.241. The molecule has 0 saturated heterocycles. The molecule has 142 valence electrons. The Morgan fingerprint density at radius 2 is 2.30 bits per heavy atom. The lowest BCUT2D eigenvalue weighted by Gasteiger charge is -2.04. The summed E-state index contributed by atoms with van der Waals surface area (Å²) in [5.41, 5.74) is 0.766. The highest BCUT2D eigenvalue weighted by Gasteiger charge is 2.20. The van der Waals surface area contributed by atoms with Crippen LogP contribution in [0.1, 0.15) is 25.0 Å². The quantitative estimate of drug-likeness (QED) is 0.385. The molecular formula is C16H20N8O3. The number of nitrogens with one attached hydrogen (secondary N) is 3. The van der Waals surface area contributed by atoms with Crippen molar-refractivity contribution in [1.82, 2.24) is 29.5 Å². The second-order valence-corrected chi connectivity index (χ2v) is 6.30. The molecule has 11 nitrogen and oxygen atoms in total. The van der Waals surface area contributed by atoms with E-state index in [9.17, 15) is 9.90 Å². The molecule has 0 aliphatic heterocycles. The molecule has 0 aromatic carbocycles. The number of aromatic hydroxyl groups is 1. The Labute approximate surface area is 152 Å². The van der Waals surface area contributed by atoms with E-state index in [-0.39, 0.29) is 17.6 Å². The Hall–Kier alpha value is -3.21. The molecule has 4 rings (SSSR count). The van der Waals surface area contributed by atoms with Crippen molar-refractivity contribution in [3.8, 4) is 5.88 Å². The lowest BCUT2D eigenvalue weighted by Crippen LogP contribution is -2.25. The molecule has 4 N–H and O–H groups in total. The average molecular weight is 372 g/mol. The molecule has 0 spiro atoms. The highest BCUT2D eigenvalue weighted by molar-refractivity contribution is 5.57. The summed E-state index contributed by atoms with van der Waals surface area (Å²) in [6.45, 7) is 1.30.